The minimum absolute atomic E-state index is 0.209. The molecule has 1 aromatic carbocycles. The van der Waals surface area contributed by atoms with Gasteiger partial charge in [0.05, 0.1) is 37.3 Å². The summed E-state index contributed by atoms with van der Waals surface area (Å²) in [4.78, 5) is 4.29. The highest BCUT2D eigenvalue weighted by molar-refractivity contribution is 5.75. The number of benzene rings is 1. The van der Waals surface area contributed by atoms with Gasteiger partial charge in [-0.2, -0.15) is 5.26 Å². The van der Waals surface area contributed by atoms with E-state index >= 15 is 0 Å². The van der Waals surface area contributed by atoms with Crippen LogP contribution in [0, 0.1) is 17.2 Å². The van der Waals surface area contributed by atoms with Crippen molar-refractivity contribution in [3.8, 4) is 22.9 Å². The molecule has 0 radical (unpaired) electrons. The number of nitrogens with zero attached hydrogens (tertiary/aromatic N) is 2. The summed E-state index contributed by atoms with van der Waals surface area (Å²) in [6.07, 6.45) is 4.90. The highest BCUT2D eigenvalue weighted by Gasteiger charge is 2.08. The standard InChI is InChI=1S/C15H14N2O2/c1-11(8-16)9-17-13-3-4-15(18-2)14(7-13)12-5-6-19-10-12/h3-7,9-11H,1-2H3. The van der Waals surface area contributed by atoms with E-state index in [0.717, 1.165) is 22.6 Å². The first-order valence-corrected chi connectivity index (χ1v) is 5.89. The normalized spacial score (nSPS) is 12.3. The van der Waals surface area contributed by atoms with Crippen molar-refractivity contribution in [2.75, 3.05) is 7.11 Å². The van der Waals surface area contributed by atoms with Crippen molar-refractivity contribution in [1.29, 1.82) is 5.26 Å². The van der Waals surface area contributed by atoms with E-state index in [-0.39, 0.29) is 5.92 Å². The Morgan fingerprint density at radius 2 is 2.26 bits per heavy atom. The van der Waals surface area contributed by atoms with Crippen molar-refractivity contribution < 1.29 is 9.15 Å². The molecule has 2 rings (SSSR count). The molecule has 0 spiro atoms. The topological polar surface area (TPSA) is 58.5 Å². The van der Waals surface area contributed by atoms with Crippen molar-refractivity contribution in [3.05, 3.63) is 36.8 Å². The van der Waals surface area contributed by atoms with Crippen molar-refractivity contribution in [3.63, 3.8) is 0 Å². The first kappa shape index (κ1) is 12.9. The van der Waals surface area contributed by atoms with E-state index in [4.69, 9.17) is 14.4 Å². The van der Waals surface area contributed by atoms with Crippen LogP contribution in [-0.4, -0.2) is 13.3 Å². The van der Waals surface area contributed by atoms with E-state index in [1.54, 1.807) is 32.8 Å². The van der Waals surface area contributed by atoms with Crippen molar-refractivity contribution in [2.45, 2.75) is 6.92 Å². The van der Waals surface area contributed by atoms with Crippen LogP contribution in [0.3, 0.4) is 0 Å². The van der Waals surface area contributed by atoms with E-state index < -0.39 is 0 Å². The second kappa shape index (κ2) is 5.87. The molecule has 1 unspecified atom stereocenters. The lowest BCUT2D eigenvalue weighted by Gasteiger charge is -2.07. The van der Waals surface area contributed by atoms with Crippen LogP contribution < -0.4 is 4.74 Å². The molecule has 1 atom stereocenters. The minimum Gasteiger partial charge on any atom is -0.496 e. The van der Waals surface area contributed by atoms with Gasteiger partial charge < -0.3 is 9.15 Å². The van der Waals surface area contributed by atoms with E-state index in [1.807, 2.05) is 24.3 Å². The van der Waals surface area contributed by atoms with Gasteiger partial charge in [-0.25, -0.2) is 0 Å². The summed E-state index contributed by atoms with van der Waals surface area (Å²) in [6.45, 7) is 1.80. The Bertz CT molecular complexity index is 610. The maximum atomic E-state index is 8.73. The monoisotopic (exact) mass is 254 g/mol. The largest absolute Gasteiger partial charge is 0.496 e. The summed E-state index contributed by atoms with van der Waals surface area (Å²) in [5.41, 5.74) is 2.62. The lowest BCUT2D eigenvalue weighted by atomic mass is 10.1. The quantitative estimate of drug-likeness (QED) is 0.779. The second-order valence-corrected chi connectivity index (χ2v) is 4.09. The van der Waals surface area contributed by atoms with Crippen molar-refractivity contribution in [1.82, 2.24) is 0 Å². The van der Waals surface area contributed by atoms with Crippen LogP contribution >= 0.6 is 0 Å². The van der Waals surface area contributed by atoms with Gasteiger partial charge in [0, 0.05) is 17.3 Å². The van der Waals surface area contributed by atoms with Crippen LogP contribution in [0.15, 0.2) is 46.2 Å². The number of hydrogen-bond acceptors (Lipinski definition) is 4. The molecule has 1 heterocycles. The van der Waals surface area contributed by atoms with E-state index in [2.05, 4.69) is 11.1 Å². The minimum atomic E-state index is -0.209. The smallest absolute Gasteiger partial charge is 0.126 e. The molecule has 0 bridgehead atoms. The zero-order chi connectivity index (χ0) is 13.7. The van der Waals surface area contributed by atoms with Crippen LogP contribution in [0.1, 0.15) is 6.92 Å². The van der Waals surface area contributed by atoms with E-state index in [9.17, 15) is 0 Å². The molecular weight excluding hydrogens is 240 g/mol. The fourth-order valence-corrected chi connectivity index (χ4v) is 1.65. The Balaban J connectivity index is 2.37. The number of methoxy groups -OCH3 is 1. The van der Waals surface area contributed by atoms with Gasteiger partial charge in [-0.15, -0.1) is 0 Å². The summed E-state index contributed by atoms with van der Waals surface area (Å²) in [5.74, 6) is 0.549. The number of ether oxygens (including phenoxy) is 1. The van der Waals surface area contributed by atoms with Gasteiger partial charge in [-0.05, 0) is 31.2 Å². The Hall–Kier alpha value is -2.54. The van der Waals surface area contributed by atoms with Gasteiger partial charge in [-0.3, -0.25) is 4.99 Å². The number of hydrogen-bond donors (Lipinski definition) is 0. The molecule has 1 aromatic heterocycles. The molecule has 0 saturated carbocycles. The maximum absolute atomic E-state index is 8.73. The molecule has 0 fully saturated rings. The van der Waals surface area contributed by atoms with Gasteiger partial charge in [0.2, 0.25) is 0 Å². The van der Waals surface area contributed by atoms with E-state index in [0.29, 0.717) is 0 Å². The first-order chi connectivity index (χ1) is 9.24. The van der Waals surface area contributed by atoms with Gasteiger partial charge in [-0.1, -0.05) is 0 Å². The zero-order valence-electron chi connectivity index (χ0n) is 10.8. The fourth-order valence-electron chi connectivity index (χ4n) is 1.65. The average Bonchev–Trinajstić information content (AvgIpc) is 2.98. The van der Waals surface area contributed by atoms with Crippen molar-refractivity contribution in [2.24, 2.45) is 10.9 Å². The Labute approximate surface area is 112 Å². The molecule has 0 aliphatic rings. The third kappa shape index (κ3) is 3.02. The Morgan fingerprint density at radius 3 is 2.89 bits per heavy atom. The van der Waals surface area contributed by atoms with Crippen LogP contribution in [0.5, 0.6) is 5.75 Å². The number of rotatable bonds is 4. The highest BCUT2D eigenvalue weighted by atomic mass is 16.5. The Kier molecular flexibility index (Phi) is 3.99. The van der Waals surface area contributed by atoms with Crippen LogP contribution in [0.25, 0.3) is 11.1 Å². The van der Waals surface area contributed by atoms with Crippen LogP contribution in [-0.2, 0) is 0 Å². The molecule has 4 heteroatoms. The van der Waals surface area contributed by atoms with Gasteiger partial charge in [0.25, 0.3) is 0 Å². The predicted octanol–water partition coefficient (Wildman–Crippen LogP) is 3.82. The SMILES string of the molecule is COc1ccc(N=CC(C)C#N)cc1-c1ccoc1. The first-order valence-electron chi connectivity index (χ1n) is 5.89. The summed E-state index contributed by atoms with van der Waals surface area (Å²) in [7, 11) is 1.62. The number of furan rings is 1. The molecule has 19 heavy (non-hydrogen) atoms. The molecule has 2 aromatic rings. The third-order valence-corrected chi connectivity index (χ3v) is 2.67. The molecule has 96 valence electrons. The molecule has 0 aliphatic heterocycles. The summed E-state index contributed by atoms with van der Waals surface area (Å²) >= 11 is 0. The van der Waals surface area contributed by atoms with Crippen LogP contribution in [0.4, 0.5) is 5.69 Å². The van der Waals surface area contributed by atoms with Gasteiger partial charge >= 0.3 is 0 Å². The van der Waals surface area contributed by atoms with Crippen LogP contribution in [0.2, 0.25) is 0 Å². The third-order valence-electron chi connectivity index (χ3n) is 2.67. The molecule has 0 amide bonds. The molecule has 4 nitrogen and oxygen atoms in total. The number of aliphatic imine (C=N–C) groups is 1. The van der Waals surface area contributed by atoms with Gasteiger partial charge in [0.1, 0.15) is 5.75 Å². The molecule has 0 saturated heterocycles. The van der Waals surface area contributed by atoms with Gasteiger partial charge in [0.15, 0.2) is 0 Å². The van der Waals surface area contributed by atoms with Crippen molar-refractivity contribution >= 4 is 11.9 Å². The second-order valence-electron chi connectivity index (χ2n) is 4.09. The fraction of sp³-hybridized carbons (Fsp3) is 0.200. The maximum Gasteiger partial charge on any atom is 0.126 e. The molecular formula is C15H14N2O2. The molecule has 0 aliphatic carbocycles. The summed E-state index contributed by atoms with van der Waals surface area (Å²) in [5, 5.41) is 8.73. The predicted molar refractivity (Wildman–Crippen MR) is 73.6 cm³/mol. The zero-order valence-corrected chi connectivity index (χ0v) is 10.8. The lowest BCUT2D eigenvalue weighted by Crippen LogP contribution is -1.90. The lowest BCUT2D eigenvalue weighted by molar-refractivity contribution is 0.416. The summed E-state index contributed by atoms with van der Waals surface area (Å²) < 4.78 is 10.4. The number of nitriles is 1. The highest BCUT2D eigenvalue weighted by Crippen LogP contribution is 2.33. The summed E-state index contributed by atoms with van der Waals surface area (Å²) in [6, 6.07) is 9.59. The molecule has 0 N–H and O–H groups in total. The average molecular weight is 254 g/mol. The van der Waals surface area contributed by atoms with E-state index in [1.165, 1.54) is 0 Å². The Morgan fingerprint density at radius 1 is 1.42 bits per heavy atom.